The van der Waals surface area contributed by atoms with Crippen molar-refractivity contribution in [2.75, 3.05) is 0 Å². The normalized spacial score (nSPS) is 18.0. The summed E-state index contributed by atoms with van der Waals surface area (Å²) in [5, 5.41) is 30.3. The molecule has 3 nitrogen and oxygen atoms in total. The SMILES string of the molecule is CCCCC(CC)CC(O)C(O)C(O)CC(CC)CC. The maximum absolute atomic E-state index is 10.1. The molecule has 0 spiro atoms. The lowest BCUT2D eigenvalue weighted by molar-refractivity contribution is -0.0744. The summed E-state index contributed by atoms with van der Waals surface area (Å²) < 4.78 is 0. The molecule has 0 rings (SSSR count). The molecule has 4 atom stereocenters. The van der Waals surface area contributed by atoms with Gasteiger partial charge in [0, 0.05) is 0 Å². The van der Waals surface area contributed by atoms with Gasteiger partial charge in [0.1, 0.15) is 6.10 Å². The van der Waals surface area contributed by atoms with Crippen LogP contribution in [0.2, 0.25) is 0 Å². The second-order valence-electron chi connectivity index (χ2n) is 6.20. The Balaban J connectivity index is 4.25. The first-order valence-electron chi connectivity index (χ1n) is 8.54. The van der Waals surface area contributed by atoms with Crippen molar-refractivity contribution in [3.05, 3.63) is 0 Å². The molecule has 0 aromatic carbocycles. The molecule has 0 aromatic heterocycles. The quantitative estimate of drug-likeness (QED) is 0.515. The van der Waals surface area contributed by atoms with Crippen LogP contribution in [0, 0.1) is 11.8 Å². The highest BCUT2D eigenvalue weighted by molar-refractivity contribution is 4.79. The molecule has 0 saturated heterocycles. The molecule has 4 unspecified atom stereocenters. The van der Waals surface area contributed by atoms with Crippen LogP contribution >= 0.6 is 0 Å². The van der Waals surface area contributed by atoms with Crippen molar-refractivity contribution in [2.45, 2.75) is 97.4 Å². The average Bonchev–Trinajstić information content (AvgIpc) is 2.47. The number of hydrogen-bond acceptors (Lipinski definition) is 3. The second-order valence-corrected chi connectivity index (χ2v) is 6.20. The van der Waals surface area contributed by atoms with E-state index in [-0.39, 0.29) is 0 Å². The van der Waals surface area contributed by atoms with Crippen LogP contribution in [0.25, 0.3) is 0 Å². The molecule has 0 aliphatic heterocycles. The van der Waals surface area contributed by atoms with Gasteiger partial charge in [-0.15, -0.1) is 0 Å². The van der Waals surface area contributed by atoms with Crippen LogP contribution in [0.3, 0.4) is 0 Å². The molecule has 20 heavy (non-hydrogen) atoms. The van der Waals surface area contributed by atoms with E-state index in [4.69, 9.17) is 0 Å². The lowest BCUT2D eigenvalue weighted by Gasteiger charge is -2.28. The molecule has 0 aromatic rings. The van der Waals surface area contributed by atoms with Gasteiger partial charge in [0.25, 0.3) is 0 Å². The van der Waals surface area contributed by atoms with Crippen LogP contribution in [-0.4, -0.2) is 33.6 Å². The predicted molar refractivity (Wildman–Crippen MR) is 84.6 cm³/mol. The number of aliphatic hydroxyl groups is 3. The van der Waals surface area contributed by atoms with Crippen LogP contribution in [0.4, 0.5) is 0 Å². The Hall–Kier alpha value is -0.120. The molecule has 0 heterocycles. The summed E-state index contributed by atoms with van der Waals surface area (Å²) in [4.78, 5) is 0. The summed E-state index contributed by atoms with van der Waals surface area (Å²) in [6.07, 6.45) is 5.01. The monoisotopic (exact) mass is 288 g/mol. The minimum atomic E-state index is -1.01. The second kappa shape index (κ2) is 11.5. The minimum Gasteiger partial charge on any atom is -0.390 e. The Labute approximate surface area is 125 Å². The fourth-order valence-electron chi connectivity index (χ4n) is 2.82. The molecule has 122 valence electrons. The lowest BCUT2D eigenvalue weighted by Crippen LogP contribution is -2.39. The van der Waals surface area contributed by atoms with E-state index in [1.54, 1.807) is 0 Å². The van der Waals surface area contributed by atoms with Crippen molar-refractivity contribution in [1.82, 2.24) is 0 Å². The zero-order valence-corrected chi connectivity index (χ0v) is 13.9. The number of hydrogen-bond donors (Lipinski definition) is 3. The maximum atomic E-state index is 10.1. The Bertz CT molecular complexity index is 216. The Morgan fingerprint density at radius 1 is 0.700 bits per heavy atom. The van der Waals surface area contributed by atoms with Gasteiger partial charge in [-0.1, -0.05) is 66.2 Å². The van der Waals surface area contributed by atoms with E-state index in [1.165, 1.54) is 0 Å². The van der Waals surface area contributed by atoms with Crippen molar-refractivity contribution >= 4 is 0 Å². The lowest BCUT2D eigenvalue weighted by atomic mass is 9.87. The first-order chi connectivity index (χ1) is 9.49. The summed E-state index contributed by atoms with van der Waals surface area (Å²) in [5.41, 5.74) is 0. The summed E-state index contributed by atoms with van der Waals surface area (Å²) in [7, 11) is 0. The van der Waals surface area contributed by atoms with Gasteiger partial charge in [-0.05, 0) is 24.7 Å². The third-order valence-electron chi connectivity index (χ3n) is 4.64. The van der Waals surface area contributed by atoms with Gasteiger partial charge in [-0.3, -0.25) is 0 Å². The van der Waals surface area contributed by atoms with Crippen molar-refractivity contribution in [3.63, 3.8) is 0 Å². The molecule has 0 radical (unpaired) electrons. The molecule has 3 heteroatoms. The van der Waals surface area contributed by atoms with E-state index >= 15 is 0 Å². The molecule has 0 fully saturated rings. The number of unbranched alkanes of at least 4 members (excludes halogenated alkanes) is 1. The fraction of sp³-hybridized carbons (Fsp3) is 1.00. The molecule has 0 aliphatic rings. The van der Waals surface area contributed by atoms with Crippen molar-refractivity contribution in [2.24, 2.45) is 11.8 Å². The smallest absolute Gasteiger partial charge is 0.106 e. The summed E-state index contributed by atoms with van der Waals surface area (Å²) in [6.45, 7) is 8.49. The van der Waals surface area contributed by atoms with Gasteiger partial charge >= 0.3 is 0 Å². The first-order valence-corrected chi connectivity index (χ1v) is 8.54. The third-order valence-corrected chi connectivity index (χ3v) is 4.64. The molecule has 3 N–H and O–H groups in total. The Morgan fingerprint density at radius 2 is 1.15 bits per heavy atom. The van der Waals surface area contributed by atoms with Crippen molar-refractivity contribution < 1.29 is 15.3 Å². The van der Waals surface area contributed by atoms with Crippen molar-refractivity contribution in [1.29, 1.82) is 0 Å². The third kappa shape index (κ3) is 7.61. The largest absolute Gasteiger partial charge is 0.390 e. The molecule has 0 saturated carbocycles. The summed E-state index contributed by atoms with van der Waals surface area (Å²) in [6, 6.07) is 0. The molecule has 0 amide bonds. The van der Waals surface area contributed by atoms with Gasteiger partial charge in [-0.25, -0.2) is 0 Å². The first kappa shape index (κ1) is 19.9. The van der Waals surface area contributed by atoms with E-state index in [9.17, 15) is 15.3 Å². The van der Waals surface area contributed by atoms with Crippen LogP contribution in [0.15, 0.2) is 0 Å². The zero-order valence-electron chi connectivity index (χ0n) is 13.9. The van der Waals surface area contributed by atoms with Crippen LogP contribution in [-0.2, 0) is 0 Å². The standard InChI is InChI=1S/C17H36O3/c1-5-9-10-14(8-4)12-16(19)17(20)15(18)11-13(6-2)7-3/h13-20H,5-12H2,1-4H3. The highest BCUT2D eigenvalue weighted by Gasteiger charge is 2.27. The summed E-state index contributed by atoms with van der Waals surface area (Å²) >= 11 is 0. The van der Waals surface area contributed by atoms with Gasteiger partial charge < -0.3 is 15.3 Å². The van der Waals surface area contributed by atoms with Crippen LogP contribution < -0.4 is 0 Å². The molecule has 0 aliphatic carbocycles. The van der Waals surface area contributed by atoms with Gasteiger partial charge in [0.2, 0.25) is 0 Å². The highest BCUT2D eigenvalue weighted by Crippen LogP contribution is 2.23. The molecular formula is C17H36O3. The average molecular weight is 288 g/mol. The van der Waals surface area contributed by atoms with Gasteiger partial charge in [0.05, 0.1) is 12.2 Å². The molecule has 0 bridgehead atoms. The zero-order chi connectivity index (χ0) is 15.5. The van der Waals surface area contributed by atoms with E-state index in [0.29, 0.717) is 24.7 Å². The molecular weight excluding hydrogens is 252 g/mol. The Kier molecular flexibility index (Phi) is 11.5. The van der Waals surface area contributed by atoms with E-state index in [1.807, 2.05) is 0 Å². The van der Waals surface area contributed by atoms with Gasteiger partial charge in [-0.2, -0.15) is 0 Å². The minimum absolute atomic E-state index is 0.425. The topological polar surface area (TPSA) is 60.7 Å². The fourth-order valence-corrected chi connectivity index (χ4v) is 2.82. The summed E-state index contributed by atoms with van der Waals surface area (Å²) in [5.74, 6) is 0.869. The number of rotatable bonds is 12. The van der Waals surface area contributed by atoms with Gasteiger partial charge in [0.15, 0.2) is 0 Å². The van der Waals surface area contributed by atoms with E-state index in [0.717, 1.165) is 38.5 Å². The van der Waals surface area contributed by atoms with Crippen molar-refractivity contribution in [3.8, 4) is 0 Å². The van der Waals surface area contributed by atoms with Crippen LogP contribution in [0.1, 0.15) is 79.1 Å². The Morgan fingerprint density at radius 3 is 1.55 bits per heavy atom. The van der Waals surface area contributed by atoms with E-state index < -0.39 is 18.3 Å². The maximum Gasteiger partial charge on any atom is 0.106 e. The number of aliphatic hydroxyl groups excluding tert-OH is 3. The highest BCUT2D eigenvalue weighted by atomic mass is 16.4. The van der Waals surface area contributed by atoms with E-state index in [2.05, 4.69) is 27.7 Å². The van der Waals surface area contributed by atoms with Crippen LogP contribution in [0.5, 0.6) is 0 Å². The predicted octanol–water partition coefficient (Wildman–Crippen LogP) is 3.50.